The largest absolute Gasteiger partial charge is 0.481 e. The van der Waals surface area contributed by atoms with Crippen molar-refractivity contribution in [2.45, 2.75) is 13.5 Å². The number of nitrogens with zero attached hydrogens (tertiary/aromatic N) is 2. The average Bonchev–Trinajstić information content (AvgIpc) is 2.29. The zero-order valence-corrected chi connectivity index (χ0v) is 10.5. The lowest BCUT2D eigenvalue weighted by Gasteiger charge is -2.06. The minimum Gasteiger partial charge on any atom is -0.481 e. The summed E-state index contributed by atoms with van der Waals surface area (Å²) in [5.41, 5.74) is 10.4. The zero-order chi connectivity index (χ0) is 15.5. The van der Waals surface area contributed by atoms with E-state index >= 15 is 0 Å². The van der Waals surface area contributed by atoms with Crippen LogP contribution in [0.1, 0.15) is 12.5 Å². The lowest BCUT2D eigenvalue weighted by molar-refractivity contribution is -0.134. The van der Waals surface area contributed by atoms with Gasteiger partial charge in [-0.3, -0.25) is 4.79 Å². The van der Waals surface area contributed by atoms with Crippen LogP contribution in [0.4, 0.5) is 8.78 Å². The minimum absolute atomic E-state index is 0.00652. The van der Waals surface area contributed by atoms with E-state index in [-0.39, 0.29) is 11.7 Å². The summed E-state index contributed by atoms with van der Waals surface area (Å²) in [6.45, 7) is -1.81. The highest BCUT2D eigenvalue weighted by Gasteiger charge is 2.06. The number of benzene rings is 1. The Hall–Kier alpha value is -2.71. The van der Waals surface area contributed by atoms with Gasteiger partial charge >= 0.3 is 6.61 Å². The number of halogens is 2. The maximum Gasteiger partial charge on any atom is 0.387 e. The molecule has 0 aliphatic rings. The fourth-order valence-electron chi connectivity index (χ4n) is 0.948. The standard InChI is InChI=1S/C9H10F2N4O.C2H4O2/c10-8(11)16-7-4-2-1-3-6(7)5-14-15-9(12)13;1-2(3)4/h1-5,8H,(H4,12,13,15);1H3,(H,3,4). The highest BCUT2D eigenvalue weighted by molar-refractivity contribution is 5.84. The second-order valence-electron chi connectivity index (χ2n) is 3.20. The van der Waals surface area contributed by atoms with E-state index in [0.717, 1.165) is 6.92 Å². The summed E-state index contributed by atoms with van der Waals surface area (Å²) in [6, 6.07) is 6.15. The Kier molecular flexibility index (Phi) is 8.00. The number of carboxylic acid groups (broad SMARTS) is 1. The van der Waals surface area contributed by atoms with Gasteiger partial charge in [0.15, 0.2) is 0 Å². The molecule has 1 aromatic rings. The second kappa shape index (κ2) is 9.25. The number of hydrogen-bond acceptors (Lipinski definition) is 4. The SMILES string of the molecule is CC(=O)O.NC(N)=NN=Cc1ccccc1OC(F)F. The third-order valence-corrected chi connectivity index (χ3v) is 1.51. The lowest BCUT2D eigenvalue weighted by atomic mass is 10.2. The third-order valence-electron chi connectivity index (χ3n) is 1.51. The molecule has 0 radical (unpaired) electrons. The molecule has 5 N–H and O–H groups in total. The van der Waals surface area contributed by atoms with Crippen LogP contribution >= 0.6 is 0 Å². The van der Waals surface area contributed by atoms with E-state index in [1.165, 1.54) is 12.3 Å². The van der Waals surface area contributed by atoms with Crippen LogP contribution in [-0.2, 0) is 4.79 Å². The van der Waals surface area contributed by atoms with Crippen molar-refractivity contribution in [3.63, 3.8) is 0 Å². The molecule has 0 unspecified atom stereocenters. The second-order valence-corrected chi connectivity index (χ2v) is 3.20. The van der Waals surface area contributed by atoms with E-state index in [1.54, 1.807) is 18.2 Å². The Morgan fingerprint density at radius 1 is 1.40 bits per heavy atom. The lowest BCUT2D eigenvalue weighted by Crippen LogP contribution is -2.21. The van der Waals surface area contributed by atoms with Crippen molar-refractivity contribution in [1.29, 1.82) is 0 Å². The Morgan fingerprint density at radius 3 is 2.45 bits per heavy atom. The molecular weight excluding hydrogens is 274 g/mol. The Balaban J connectivity index is 0.000000796. The van der Waals surface area contributed by atoms with E-state index in [9.17, 15) is 8.78 Å². The fourth-order valence-corrected chi connectivity index (χ4v) is 0.948. The van der Waals surface area contributed by atoms with E-state index in [0.29, 0.717) is 5.56 Å². The molecule has 0 aliphatic heterocycles. The first-order chi connectivity index (χ1) is 9.32. The van der Waals surface area contributed by atoms with Gasteiger partial charge in [0, 0.05) is 12.5 Å². The summed E-state index contributed by atoms with van der Waals surface area (Å²) in [5.74, 6) is -1.05. The number of aliphatic carboxylic acids is 1. The Labute approximate surface area is 113 Å². The number of para-hydroxylation sites is 1. The summed E-state index contributed by atoms with van der Waals surface area (Å²) in [4.78, 5) is 9.00. The maximum absolute atomic E-state index is 12.0. The monoisotopic (exact) mass is 288 g/mol. The molecule has 20 heavy (non-hydrogen) atoms. The molecule has 110 valence electrons. The van der Waals surface area contributed by atoms with Gasteiger partial charge in [0.1, 0.15) is 5.75 Å². The average molecular weight is 288 g/mol. The molecule has 9 heteroatoms. The van der Waals surface area contributed by atoms with Gasteiger partial charge in [0.05, 0.1) is 6.21 Å². The summed E-state index contributed by atoms with van der Waals surface area (Å²) >= 11 is 0. The van der Waals surface area contributed by atoms with E-state index < -0.39 is 12.6 Å². The molecule has 0 aliphatic carbocycles. The van der Waals surface area contributed by atoms with Crippen molar-refractivity contribution in [3.05, 3.63) is 29.8 Å². The number of nitrogens with two attached hydrogens (primary N) is 2. The first kappa shape index (κ1) is 17.3. The molecule has 1 aromatic carbocycles. The molecule has 0 aromatic heterocycles. The first-order valence-corrected chi connectivity index (χ1v) is 5.18. The van der Waals surface area contributed by atoms with Gasteiger partial charge in [-0.05, 0) is 12.1 Å². The maximum atomic E-state index is 12.0. The summed E-state index contributed by atoms with van der Waals surface area (Å²) < 4.78 is 28.3. The summed E-state index contributed by atoms with van der Waals surface area (Å²) in [5, 5.41) is 14.3. The normalized spacial score (nSPS) is 9.80. The van der Waals surface area contributed by atoms with Crippen LogP contribution in [0.2, 0.25) is 0 Å². The minimum atomic E-state index is -2.89. The zero-order valence-electron chi connectivity index (χ0n) is 10.5. The van der Waals surface area contributed by atoms with Crippen LogP contribution < -0.4 is 16.2 Å². The van der Waals surface area contributed by atoms with Crippen molar-refractivity contribution in [2.75, 3.05) is 0 Å². The van der Waals surface area contributed by atoms with Gasteiger partial charge in [-0.2, -0.15) is 13.9 Å². The smallest absolute Gasteiger partial charge is 0.387 e. The quantitative estimate of drug-likeness (QED) is 0.433. The molecule has 0 amide bonds. The van der Waals surface area contributed by atoms with E-state index in [1.807, 2.05) is 0 Å². The number of hydrogen-bond donors (Lipinski definition) is 3. The molecule has 0 spiro atoms. The topological polar surface area (TPSA) is 123 Å². The predicted molar refractivity (Wildman–Crippen MR) is 69.8 cm³/mol. The number of rotatable bonds is 4. The molecule has 0 saturated heterocycles. The molecule has 0 atom stereocenters. The van der Waals surface area contributed by atoms with Gasteiger partial charge in [-0.25, -0.2) is 0 Å². The van der Waals surface area contributed by atoms with Gasteiger partial charge in [0.2, 0.25) is 5.96 Å². The van der Waals surface area contributed by atoms with Crippen molar-refractivity contribution in [3.8, 4) is 5.75 Å². The molecule has 0 fully saturated rings. The molecular formula is C11H14F2N4O3. The summed E-state index contributed by atoms with van der Waals surface area (Å²) in [7, 11) is 0. The van der Waals surface area contributed by atoms with Crippen LogP contribution in [0.15, 0.2) is 34.5 Å². The molecule has 7 nitrogen and oxygen atoms in total. The van der Waals surface area contributed by atoms with Gasteiger partial charge < -0.3 is 21.3 Å². The molecule has 0 saturated carbocycles. The van der Waals surface area contributed by atoms with Gasteiger partial charge in [-0.1, -0.05) is 12.1 Å². The number of guanidine groups is 1. The van der Waals surface area contributed by atoms with Crippen molar-refractivity contribution in [1.82, 2.24) is 0 Å². The summed E-state index contributed by atoms with van der Waals surface area (Å²) in [6.07, 6.45) is 1.22. The van der Waals surface area contributed by atoms with E-state index in [2.05, 4.69) is 14.9 Å². The van der Waals surface area contributed by atoms with Crippen LogP contribution in [0.3, 0.4) is 0 Å². The molecule has 0 bridgehead atoms. The molecule has 0 heterocycles. The predicted octanol–water partition coefficient (Wildman–Crippen LogP) is 0.986. The number of carboxylic acids is 1. The Bertz CT molecular complexity index is 484. The number of ether oxygens (including phenoxy) is 1. The van der Waals surface area contributed by atoms with E-state index in [4.69, 9.17) is 21.4 Å². The first-order valence-electron chi connectivity index (χ1n) is 5.18. The highest BCUT2D eigenvalue weighted by Crippen LogP contribution is 2.18. The van der Waals surface area contributed by atoms with Crippen molar-refractivity contribution < 1.29 is 23.4 Å². The van der Waals surface area contributed by atoms with Crippen molar-refractivity contribution in [2.24, 2.45) is 21.7 Å². The highest BCUT2D eigenvalue weighted by atomic mass is 19.3. The van der Waals surface area contributed by atoms with Gasteiger partial charge in [-0.15, -0.1) is 5.10 Å². The molecule has 1 rings (SSSR count). The van der Waals surface area contributed by atoms with Crippen LogP contribution in [-0.4, -0.2) is 29.9 Å². The fraction of sp³-hybridized carbons (Fsp3) is 0.182. The van der Waals surface area contributed by atoms with Crippen LogP contribution in [0.5, 0.6) is 5.75 Å². The Morgan fingerprint density at radius 2 is 1.95 bits per heavy atom. The third kappa shape index (κ3) is 9.33. The van der Waals surface area contributed by atoms with Crippen LogP contribution in [0, 0.1) is 0 Å². The van der Waals surface area contributed by atoms with Gasteiger partial charge in [0.25, 0.3) is 5.97 Å². The number of alkyl halides is 2. The van der Waals surface area contributed by atoms with Crippen LogP contribution in [0.25, 0.3) is 0 Å². The van der Waals surface area contributed by atoms with Crippen molar-refractivity contribution >= 4 is 18.1 Å². The number of carbonyl (C=O) groups is 1.